The molecule has 1 aromatic carbocycles. The van der Waals surface area contributed by atoms with Crippen LogP contribution in [0.5, 0.6) is 0 Å². The van der Waals surface area contributed by atoms with E-state index in [4.69, 9.17) is 10.4 Å². The molecular formula is C10H9F3N2O2. The lowest BCUT2D eigenvalue weighted by atomic mass is 10.0. The summed E-state index contributed by atoms with van der Waals surface area (Å²) in [6.07, 6.45) is -5.57. The smallest absolute Gasteiger partial charge is 0.411 e. The summed E-state index contributed by atoms with van der Waals surface area (Å²) in [6.45, 7) is 0. The summed E-state index contributed by atoms with van der Waals surface area (Å²) in [6, 6.07) is 7.82. The molecule has 1 aromatic rings. The zero-order chi connectivity index (χ0) is 12.9. The van der Waals surface area contributed by atoms with Crippen LogP contribution in [0.1, 0.15) is 12.0 Å². The third kappa shape index (κ3) is 3.47. The van der Waals surface area contributed by atoms with Gasteiger partial charge in [0.1, 0.15) is 0 Å². The molecule has 2 N–H and O–H groups in total. The van der Waals surface area contributed by atoms with Crippen molar-refractivity contribution in [2.45, 2.75) is 12.6 Å². The summed E-state index contributed by atoms with van der Waals surface area (Å²) in [7, 11) is 0. The third-order valence-electron chi connectivity index (χ3n) is 2.01. The van der Waals surface area contributed by atoms with E-state index in [9.17, 15) is 13.2 Å². The summed E-state index contributed by atoms with van der Waals surface area (Å²) < 4.78 is 36.9. The van der Waals surface area contributed by atoms with Crippen LogP contribution in [0.15, 0.2) is 40.6 Å². The molecule has 0 saturated heterocycles. The van der Waals surface area contributed by atoms with Crippen molar-refractivity contribution in [1.82, 2.24) is 0 Å². The molecule has 0 saturated carbocycles. The monoisotopic (exact) mass is 246 g/mol. The molecule has 0 unspecified atom stereocenters. The molecule has 0 atom stereocenters. The van der Waals surface area contributed by atoms with Crippen LogP contribution in [0, 0.1) is 0 Å². The molecule has 0 aromatic heterocycles. The topological polar surface area (TPSA) is 65.2 Å². The maximum atomic E-state index is 12.3. The first-order valence-corrected chi connectivity index (χ1v) is 4.53. The minimum atomic E-state index is -4.76. The molecule has 7 heteroatoms. The van der Waals surface area contributed by atoms with Gasteiger partial charge in [0.2, 0.25) is 0 Å². The number of nitrogens with zero attached hydrogens (tertiary/aromatic N) is 2. The molecule has 4 nitrogen and oxygen atoms in total. The van der Waals surface area contributed by atoms with Crippen molar-refractivity contribution in [3.8, 4) is 0 Å². The fourth-order valence-corrected chi connectivity index (χ4v) is 1.18. The second-order valence-electron chi connectivity index (χ2n) is 3.13. The van der Waals surface area contributed by atoms with E-state index in [1.54, 1.807) is 18.2 Å². The van der Waals surface area contributed by atoms with Crippen molar-refractivity contribution in [2.24, 2.45) is 10.3 Å². The number of hydrogen-bond acceptors (Lipinski definition) is 4. The van der Waals surface area contributed by atoms with Crippen LogP contribution in [0.4, 0.5) is 13.2 Å². The average Bonchev–Trinajstić information content (AvgIpc) is 2.30. The van der Waals surface area contributed by atoms with E-state index < -0.39 is 18.3 Å². The van der Waals surface area contributed by atoms with Crippen molar-refractivity contribution < 1.29 is 23.6 Å². The number of alkyl halides is 3. The maximum Gasteiger partial charge on any atom is 0.433 e. The third-order valence-corrected chi connectivity index (χ3v) is 2.01. The van der Waals surface area contributed by atoms with Gasteiger partial charge in [0.15, 0.2) is 5.71 Å². The lowest BCUT2D eigenvalue weighted by Gasteiger charge is -2.09. The summed E-state index contributed by atoms with van der Waals surface area (Å²) in [5.74, 6) is 0. The predicted molar refractivity (Wildman–Crippen MR) is 54.7 cm³/mol. The van der Waals surface area contributed by atoms with E-state index in [1.165, 1.54) is 12.1 Å². The largest absolute Gasteiger partial charge is 0.433 e. The normalized spacial score (nSPS) is 13.8. The highest BCUT2D eigenvalue weighted by Crippen LogP contribution is 2.21. The van der Waals surface area contributed by atoms with Crippen molar-refractivity contribution in [2.75, 3.05) is 0 Å². The Hall–Kier alpha value is -2.05. The molecule has 17 heavy (non-hydrogen) atoms. The van der Waals surface area contributed by atoms with Gasteiger partial charge in [-0.25, -0.2) is 0 Å². The highest BCUT2D eigenvalue weighted by atomic mass is 19.4. The van der Waals surface area contributed by atoms with Crippen LogP contribution in [0.3, 0.4) is 0 Å². The van der Waals surface area contributed by atoms with Gasteiger partial charge in [0.25, 0.3) is 0 Å². The lowest BCUT2D eigenvalue weighted by Crippen LogP contribution is -2.26. The average molecular weight is 246 g/mol. The van der Waals surface area contributed by atoms with Crippen LogP contribution in [0.2, 0.25) is 0 Å². The second kappa shape index (κ2) is 5.33. The molecule has 0 radical (unpaired) electrons. The highest BCUT2D eigenvalue weighted by Gasteiger charge is 2.37. The number of benzene rings is 1. The molecule has 92 valence electrons. The van der Waals surface area contributed by atoms with Gasteiger partial charge >= 0.3 is 6.18 Å². The SMILES string of the molecule is ON=C(CC(=NO)C(F)(F)F)c1ccccc1. The fraction of sp³-hybridized carbons (Fsp3) is 0.200. The van der Waals surface area contributed by atoms with Gasteiger partial charge in [-0.1, -0.05) is 40.6 Å². The Morgan fingerprint density at radius 1 is 1.06 bits per heavy atom. The molecule has 0 aliphatic heterocycles. The molecule has 0 spiro atoms. The molecule has 0 fully saturated rings. The molecular weight excluding hydrogens is 237 g/mol. The van der Waals surface area contributed by atoms with E-state index in [-0.39, 0.29) is 5.71 Å². The number of oxime groups is 2. The first-order valence-electron chi connectivity index (χ1n) is 4.53. The first kappa shape index (κ1) is 13.0. The van der Waals surface area contributed by atoms with Crippen LogP contribution < -0.4 is 0 Å². The van der Waals surface area contributed by atoms with Crippen molar-refractivity contribution in [3.05, 3.63) is 35.9 Å². The summed E-state index contributed by atoms with van der Waals surface area (Å²) in [4.78, 5) is 0. The van der Waals surface area contributed by atoms with Crippen molar-refractivity contribution in [1.29, 1.82) is 0 Å². The Labute approximate surface area is 94.7 Å². The molecule has 0 bridgehead atoms. The number of hydrogen-bond donors (Lipinski definition) is 2. The quantitative estimate of drug-likeness (QED) is 0.489. The number of halogens is 3. The lowest BCUT2D eigenvalue weighted by molar-refractivity contribution is -0.0619. The summed E-state index contributed by atoms with van der Waals surface area (Å²) in [5.41, 5.74) is -1.33. The van der Waals surface area contributed by atoms with Gasteiger partial charge in [-0.2, -0.15) is 13.2 Å². The molecule has 0 heterocycles. The summed E-state index contributed by atoms with van der Waals surface area (Å²) in [5, 5.41) is 21.9. The van der Waals surface area contributed by atoms with E-state index in [0.717, 1.165) is 0 Å². The molecule has 0 aliphatic rings. The molecule has 0 amide bonds. The Balaban J connectivity index is 2.94. The van der Waals surface area contributed by atoms with Gasteiger partial charge in [-0.15, -0.1) is 0 Å². The Kier molecular flexibility index (Phi) is 4.08. The van der Waals surface area contributed by atoms with Gasteiger partial charge in [-0.3, -0.25) is 0 Å². The van der Waals surface area contributed by atoms with Gasteiger partial charge in [0, 0.05) is 6.42 Å². The summed E-state index contributed by atoms with van der Waals surface area (Å²) >= 11 is 0. The van der Waals surface area contributed by atoms with E-state index in [1.807, 2.05) is 0 Å². The standard InChI is InChI=1S/C10H9F3N2O2/c11-10(12,13)9(15-17)6-8(14-16)7-4-2-1-3-5-7/h1-5,16-17H,6H2. The van der Waals surface area contributed by atoms with Gasteiger partial charge < -0.3 is 10.4 Å². The highest BCUT2D eigenvalue weighted by molar-refractivity contribution is 6.13. The van der Waals surface area contributed by atoms with Crippen LogP contribution >= 0.6 is 0 Å². The van der Waals surface area contributed by atoms with Crippen molar-refractivity contribution >= 4 is 11.4 Å². The minimum Gasteiger partial charge on any atom is -0.411 e. The Morgan fingerprint density at radius 2 is 1.65 bits per heavy atom. The van der Waals surface area contributed by atoms with Crippen molar-refractivity contribution in [3.63, 3.8) is 0 Å². The zero-order valence-corrected chi connectivity index (χ0v) is 8.52. The maximum absolute atomic E-state index is 12.3. The molecule has 0 aliphatic carbocycles. The Bertz CT molecular complexity index is 427. The predicted octanol–water partition coefficient (Wildman–Crippen LogP) is 2.65. The van der Waals surface area contributed by atoms with Crippen LogP contribution in [-0.2, 0) is 0 Å². The first-order chi connectivity index (χ1) is 7.99. The van der Waals surface area contributed by atoms with E-state index in [0.29, 0.717) is 5.56 Å². The second-order valence-corrected chi connectivity index (χ2v) is 3.13. The van der Waals surface area contributed by atoms with E-state index >= 15 is 0 Å². The number of rotatable bonds is 3. The van der Waals surface area contributed by atoms with Crippen LogP contribution in [0.25, 0.3) is 0 Å². The fourth-order valence-electron chi connectivity index (χ4n) is 1.18. The van der Waals surface area contributed by atoms with Crippen LogP contribution in [-0.4, -0.2) is 28.0 Å². The van der Waals surface area contributed by atoms with E-state index in [2.05, 4.69) is 10.3 Å². The zero-order valence-electron chi connectivity index (χ0n) is 8.52. The van der Waals surface area contributed by atoms with Gasteiger partial charge in [0.05, 0.1) is 5.71 Å². The Morgan fingerprint density at radius 3 is 2.06 bits per heavy atom. The molecule has 1 rings (SSSR count). The minimum absolute atomic E-state index is 0.226. The van der Waals surface area contributed by atoms with Gasteiger partial charge in [-0.05, 0) is 5.56 Å².